The molecule has 0 radical (unpaired) electrons. The Labute approximate surface area is 131 Å². The second kappa shape index (κ2) is 5.73. The predicted octanol–water partition coefficient (Wildman–Crippen LogP) is 3.93. The molecule has 1 saturated carbocycles. The minimum Gasteiger partial charge on any atom is -0.319 e. The number of carbonyl (C=O) groups excluding carboxylic acids is 1. The van der Waals surface area contributed by atoms with Gasteiger partial charge >= 0.3 is 0 Å². The first-order valence-corrected chi connectivity index (χ1v) is 9.06. The molecule has 2 fully saturated rings. The molecule has 116 valence electrons. The standard InChI is InChI=1S/C17H26N2OS/c1-4-5-14-16(20)19(13-6-8-17(2,3)10-13)15(18-14)12-7-9-21-11-12/h7,9,11,13-15,18H,4-6,8,10H2,1-3H3. The highest BCUT2D eigenvalue weighted by Gasteiger charge is 2.46. The van der Waals surface area contributed by atoms with Crippen molar-refractivity contribution in [2.75, 3.05) is 0 Å². The van der Waals surface area contributed by atoms with E-state index in [1.807, 2.05) is 0 Å². The van der Waals surface area contributed by atoms with E-state index >= 15 is 0 Å². The van der Waals surface area contributed by atoms with E-state index in [1.165, 1.54) is 12.0 Å². The first-order valence-electron chi connectivity index (χ1n) is 8.12. The molecule has 1 aromatic heterocycles. The van der Waals surface area contributed by atoms with Gasteiger partial charge in [-0.2, -0.15) is 11.3 Å². The summed E-state index contributed by atoms with van der Waals surface area (Å²) in [6.45, 7) is 6.80. The van der Waals surface area contributed by atoms with Gasteiger partial charge in [0.25, 0.3) is 0 Å². The first kappa shape index (κ1) is 15.0. The molecule has 3 rings (SSSR count). The molecule has 4 heteroatoms. The van der Waals surface area contributed by atoms with Gasteiger partial charge in [0.2, 0.25) is 5.91 Å². The molecule has 1 aliphatic heterocycles. The van der Waals surface area contributed by atoms with Crippen LogP contribution in [0.3, 0.4) is 0 Å². The Bertz CT molecular complexity index is 497. The van der Waals surface area contributed by atoms with Gasteiger partial charge in [0.1, 0.15) is 6.17 Å². The second-order valence-corrected chi connectivity index (χ2v) is 8.05. The summed E-state index contributed by atoms with van der Waals surface area (Å²) in [6.07, 6.45) is 5.55. The van der Waals surface area contributed by atoms with E-state index in [-0.39, 0.29) is 12.2 Å². The topological polar surface area (TPSA) is 32.3 Å². The minimum absolute atomic E-state index is 0.00334. The van der Waals surface area contributed by atoms with Gasteiger partial charge < -0.3 is 4.90 Å². The van der Waals surface area contributed by atoms with Gasteiger partial charge in [0.05, 0.1) is 6.04 Å². The van der Waals surface area contributed by atoms with Gasteiger partial charge in [-0.15, -0.1) is 0 Å². The van der Waals surface area contributed by atoms with Crippen molar-refractivity contribution in [1.82, 2.24) is 10.2 Å². The zero-order valence-corrected chi connectivity index (χ0v) is 14.1. The fraction of sp³-hybridized carbons (Fsp3) is 0.706. The van der Waals surface area contributed by atoms with Gasteiger partial charge in [-0.25, -0.2) is 0 Å². The molecule has 3 atom stereocenters. The van der Waals surface area contributed by atoms with Crippen molar-refractivity contribution in [3.8, 4) is 0 Å². The minimum atomic E-state index is 0.00334. The molecule has 1 amide bonds. The quantitative estimate of drug-likeness (QED) is 0.914. The summed E-state index contributed by atoms with van der Waals surface area (Å²) in [5.74, 6) is 0.316. The van der Waals surface area contributed by atoms with Crippen LogP contribution in [-0.2, 0) is 4.79 Å². The summed E-state index contributed by atoms with van der Waals surface area (Å²) in [6, 6.07) is 2.55. The maximum absolute atomic E-state index is 12.9. The van der Waals surface area contributed by atoms with E-state index in [2.05, 4.69) is 47.8 Å². The Hall–Kier alpha value is -0.870. The van der Waals surface area contributed by atoms with E-state index in [9.17, 15) is 4.79 Å². The van der Waals surface area contributed by atoms with Crippen molar-refractivity contribution in [3.63, 3.8) is 0 Å². The fourth-order valence-electron chi connectivity index (χ4n) is 3.86. The van der Waals surface area contributed by atoms with Crippen LogP contribution in [0.25, 0.3) is 0 Å². The molecule has 2 heterocycles. The highest BCUT2D eigenvalue weighted by atomic mass is 32.1. The largest absolute Gasteiger partial charge is 0.319 e. The summed E-state index contributed by atoms with van der Waals surface area (Å²) in [5, 5.41) is 7.86. The van der Waals surface area contributed by atoms with Gasteiger partial charge in [-0.05, 0) is 53.5 Å². The molecule has 3 unspecified atom stereocenters. The van der Waals surface area contributed by atoms with Crippen molar-refractivity contribution in [1.29, 1.82) is 0 Å². The number of amides is 1. The van der Waals surface area contributed by atoms with Crippen molar-refractivity contribution in [2.24, 2.45) is 5.41 Å². The molecule has 1 aromatic rings. The third-order valence-electron chi connectivity index (χ3n) is 4.96. The van der Waals surface area contributed by atoms with Gasteiger partial charge in [-0.1, -0.05) is 27.2 Å². The fourth-order valence-corrected chi connectivity index (χ4v) is 4.54. The SMILES string of the molecule is CCCC1NC(c2ccsc2)N(C2CCC(C)(C)C2)C1=O. The number of carbonyl (C=O) groups is 1. The Balaban J connectivity index is 1.85. The Morgan fingerprint density at radius 3 is 2.86 bits per heavy atom. The second-order valence-electron chi connectivity index (χ2n) is 7.27. The third kappa shape index (κ3) is 2.88. The molecule has 1 aliphatic carbocycles. The van der Waals surface area contributed by atoms with Crippen molar-refractivity contribution < 1.29 is 4.79 Å². The van der Waals surface area contributed by atoms with Crippen LogP contribution in [0, 0.1) is 5.41 Å². The summed E-state index contributed by atoms with van der Waals surface area (Å²) in [4.78, 5) is 15.0. The summed E-state index contributed by atoms with van der Waals surface area (Å²) in [5.41, 5.74) is 1.61. The lowest BCUT2D eigenvalue weighted by atomic mass is 9.91. The van der Waals surface area contributed by atoms with E-state index in [4.69, 9.17) is 0 Å². The molecule has 0 aromatic carbocycles. The number of hydrogen-bond donors (Lipinski definition) is 1. The number of thiophene rings is 1. The van der Waals surface area contributed by atoms with E-state index in [1.54, 1.807) is 11.3 Å². The Kier molecular flexibility index (Phi) is 4.10. The molecule has 0 bridgehead atoms. The number of nitrogens with zero attached hydrogens (tertiary/aromatic N) is 1. The van der Waals surface area contributed by atoms with Crippen molar-refractivity contribution in [3.05, 3.63) is 22.4 Å². The zero-order valence-electron chi connectivity index (χ0n) is 13.3. The maximum atomic E-state index is 12.9. The molecule has 1 saturated heterocycles. The molecule has 1 N–H and O–H groups in total. The highest BCUT2D eigenvalue weighted by molar-refractivity contribution is 7.07. The number of nitrogens with one attached hydrogen (secondary N) is 1. The van der Waals surface area contributed by atoms with Crippen LogP contribution in [0.4, 0.5) is 0 Å². The summed E-state index contributed by atoms with van der Waals surface area (Å²) < 4.78 is 0. The molecule has 21 heavy (non-hydrogen) atoms. The summed E-state index contributed by atoms with van der Waals surface area (Å²) in [7, 11) is 0. The first-order chi connectivity index (χ1) is 10.0. The molecular weight excluding hydrogens is 280 g/mol. The van der Waals surface area contributed by atoms with Crippen LogP contribution in [0.1, 0.15) is 64.6 Å². The molecule has 3 nitrogen and oxygen atoms in total. The average molecular weight is 306 g/mol. The third-order valence-corrected chi connectivity index (χ3v) is 5.66. The highest BCUT2D eigenvalue weighted by Crippen LogP contribution is 2.43. The van der Waals surface area contributed by atoms with Gasteiger partial charge in [-0.3, -0.25) is 10.1 Å². The lowest BCUT2D eigenvalue weighted by molar-refractivity contribution is -0.132. The van der Waals surface area contributed by atoms with Crippen LogP contribution >= 0.6 is 11.3 Å². The van der Waals surface area contributed by atoms with E-state index in [0.29, 0.717) is 17.4 Å². The average Bonchev–Trinajstić information content (AvgIpc) is 3.11. The normalized spacial score (nSPS) is 32.0. The smallest absolute Gasteiger partial charge is 0.241 e. The number of rotatable bonds is 4. The molecule has 0 spiro atoms. The van der Waals surface area contributed by atoms with Crippen LogP contribution in [-0.4, -0.2) is 22.9 Å². The Morgan fingerprint density at radius 2 is 2.29 bits per heavy atom. The van der Waals surface area contributed by atoms with Crippen LogP contribution < -0.4 is 5.32 Å². The Morgan fingerprint density at radius 1 is 1.48 bits per heavy atom. The lowest BCUT2D eigenvalue weighted by Gasteiger charge is -2.31. The predicted molar refractivity (Wildman–Crippen MR) is 87.2 cm³/mol. The maximum Gasteiger partial charge on any atom is 0.241 e. The molecule has 2 aliphatic rings. The van der Waals surface area contributed by atoms with Gasteiger partial charge in [0, 0.05) is 6.04 Å². The van der Waals surface area contributed by atoms with Crippen LogP contribution in [0.5, 0.6) is 0 Å². The van der Waals surface area contributed by atoms with Crippen LogP contribution in [0.2, 0.25) is 0 Å². The molecular formula is C17H26N2OS. The zero-order chi connectivity index (χ0) is 15.0. The van der Waals surface area contributed by atoms with Gasteiger partial charge in [0.15, 0.2) is 0 Å². The summed E-state index contributed by atoms with van der Waals surface area (Å²) >= 11 is 1.71. The monoisotopic (exact) mass is 306 g/mol. The van der Waals surface area contributed by atoms with E-state index < -0.39 is 0 Å². The lowest BCUT2D eigenvalue weighted by Crippen LogP contribution is -2.39. The number of hydrogen-bond acceptors (Lipinski definition) is 3. The van der Waals surface area contributed by atoms with Crippen molar-refractivity contribution >= 4 is 17.2 Å². The van der Waals surface area contributed by atoms with E-state index in [0.717, 1.165) is 25.7 Å². The van der Waals surface area contributed by atoms with Crippen molar-refractivity contribution in [2.45, 2.75) is 71.1 Å². The van der Waals surface area contributed by atoms with Crippen LogP contribution in [0.15, 0.2) is 16.8 Å².